The molecule has 0 saturated heterocycles. The minimum absolute atomic E-state index is 0.0262. The first kappa shape index (κ1) is 22.5. The maximum atomic E-state index is 13.3. The van der Waals surface area contributed by atoms with Gasteiger partial charge in [-0.3, -0.25) is 9.48 Å². The number of carbonyl (C=O) groups is 1. The molecule has 170 valence electrons. The minimum Gasteiger partial charge on any atom is -0.471 e. The first-order valence-electron chi connectivity index (χ1n) is 10.3. The number of ether oxygens (including phenoxy) is 1. The number of aryl methyl sites for hydroxylation is 2. The summed E-state index contributed by atoms with van der Waals surface area (Å²) in [6, 6.07) is 13.8. The molecule has 0 saturated carbocycles. The van der Waals surface area contributed by atoms with E-state index in [0.29, 0.717) is 18.0 Å². The molecule has 0 bridgehead atoms. The molecule has 0 radical (unpaired) electrons. The predicted molar refractivity (Wildman–Crippen MR) is 124 cm³/mol. The van der Waals surface area contributed by atoms with Gasteiger partial charge in [-0.2, -0.15) is 10.2 Å². The van der Waals surface area contributed by atoms with Crippen LogP contribution >= 0.6 is 11.6 Å². The molecule has 2 aromatic carbocycles. The van der Waals surface area contributed by atoms with Gasteiger partial charge in [-0.05, 0) is 50.1 Å². The lowest BCUT2D eigenvalue weighted by molar-refractivity contribution is 0.102. The topological polar surface area (TPSA) is 74.0 Å². The highest BCUT2D eigenvalue weighted by atomic mass is 35.5. The molecule has 0 fully saturated rings. The van der Waals surface area contributed by atoms with Gasteiger partial charge >= 0.3 is 0 Å². The van der Waals surface area contributed by atoms with Crippen LogP contribution in [0.25, 0.3) is 0 Å². The van der Waals surface area contributed by atoms with E-state index in [1.165, 1.54) is 34.0 Å². The number of hydrogen-bond acceptors (Lipinski definition) is 4. The molecule has 2 aromatic heterocycles. The van der Waals surface area contributed by atoms with Crippen molar-refractivity contribution in [1.29, 1.82) is 0 Å². The number of rotatable bonds is 7. The molecule has 33 heavy (non-hydrogen) atoms. The summed E-state index contributed by atoms with van der Waals surface area (Å²) in [6.07, 6.45) is 1.63. The Labute approximate surface area is 195 Å². The van der Waals surface area contributed by atoms with E-state index in [4.69, 9.17) is 16.3 Å². The summed E-state index contributed by atoms with van der Waals surface area (Å²) >= 11 is 5.76. The molecule has 9 heteroatoms. The zero-order valence-electron chi connectivity index (χ0n) is 18.5. The molecule has 0 spiro atoms. The third-order valence-corrected chi connectivity index (χ3v) is 5.62. The van der Waals surface area contributed by atoms with Gasteiger partial charge in [0.1, 0.15) is 11.6 Å². The van der Waals surface area contributed by atoms with Crippen molar-refractivity contribution in [2.24, 2.45) is 0 Å². The van der Waals surface area contributed by atoms with Crippen LogP contribution in [-0.2, 0) is 13.3 Å². The molecule has 4 aromatic rings. The highest BCUT2D eigenvalue weighted by Gasteiger charge is 2.17. The van der Waals surface area contributed by atoms with E-state index in [-0.39, 0.29) is 23.4 Å². The molecule has 0 unspecified atom stereocenters. The summed E-state index contributed by atoms with van der Waals surface area (Å²) < 4.78 is 22.2. The van der Waals surface area contributed by atoms with E-state index in [1.54, 1.807) is 12.3 Å². The van der Waals surface area contributed by atoms with E-state index in [2.05, 4.69) is 34.6 Å². The first-order valence-corrected chi connectivity index (χ1v) is 10.7. The zero-order valence-corrected chi connectivity index (χ0v) is 19.2. The van der Waals surface area contributed by atoms with Crippen LogP contribution in [0.2, 0.25) is 5.02 Å². The number of carbonyl (C=O) groups excluding carboxylic acids is 1. The van der Waals surface area contributed by atoms with Crippen molar-refractivity contribution in [2.45, 2.75) is 34.0 Å². The van der Waals surface area contributed by atoms with Crippen LogP contribution in [0.3, 0.4) is 0 Å². The zero-order chi connectivity index (χ0) is 23.5. The maximum absolute atomic E-state index is 13.3. The molecule has 0 aliphatic rings. The van der Waals surface area contributed by atoms with E-state index >= 15 is 0 Å². The number of benzene rings is 2. The van der Waals surface area contributed by atoms with Crippen LogP contribution in [-0.4, -0.2) is 25.5 Å². The van der Waals surface area contributed by atoms with E-state index in [9.17, 15) is 9.18 Å². The normalized spacial score (nSPS) is 10.9. The van der Waals surface area contributed by atoms with Crippen molar-refractivity contribution in [3.8, 4) is 5.75 Å². The molecule has 0 aliphatic carbocycles. The smallest absolute Gasteiger partial charge is 0.276 e. The second-order valence-electron chi connectivity index (χ2n) is 7.67. The van der Waals surface area contributed by atoms with Crippen LogP contribution < -0.4 is 10.1 Å². The van der Waals surface area contributed by atoms with Crippen LogP contribution in [0, 0.1) is 26.6 Å². The van der Waals surface area contributed by atoms with Crippen LogP contribution in [0.15, 0.2) is 54.7 Å². The van der Waals surface area contributed by atoms with Crippen molar-refractivity contribution in [1.82, 2.24) is 19.6 Å². The van der Waals surface area contributed by atoms with Crippen molar-refractivity contribution < 1.29 is 13.9 Å². The van der Waals surface area contributed by atoms with Gasteiger partial charge in [-0.25, -0.2) is 9.07 Å². The molecule has 0 aliphatic heterocycles. The van der Waals surface area contributed by atoms with Crippen LogP contribution in [0.4, 0.5) is 10.1 Å². The van der Waals surface area contributed by atoms with Gasteiger partial charge in [0.25, 0.3) is 5.91 Å². The van der Waals surface area contributed by atoms with Gasteiger partial charge in [0.15, 0.2) is 12.4 Å². The van der Waals surface area contributed by atoms with E-state index in [1.807, 2.05) is 30.7 Å². The first-order chi connectivity index (χ1) is 15.8. The van der Waals surface area contributed by atoms with Crippen molar-refractivity contribution in [2.75, 3.05) is 5.32 Å². The predicted octanol–water partition coefficient (Wildman–Crippen LogP) is 5.13. The Morgan fingerprint density at radius 1 is 1.12 bits per heavy atom. The molecule has 7 nitrogen and oxygen atoms in total. The molecular weight excluding hydrogens is 445 g/mol. The second kappa shape index (κ2) is 9.46. The van der Waals surface area contributed by atoms with Gasteiger partial charge in [-0.1, -0.05) is 35.9 Å². The number of amides is 1. The Balaban J connectivity index is 1.42. The molecule has 1 N–H and O–H groups in total. The third kappa shape index (κ3) is 5.06. The van der Waals surface area contributed by atoms with Gasteiger partial charge in [-0.15, -0.1) is 0 Å². The summed E-state index contributed by atoms with van der Waals surface area (Å²) in [6.45, 7) is 6.51. The Morgan fingerprint density at radius 2 is 1.91 bits per heavy atom. The lowest BCUT2D eigenvalue weighted by Gasteiger charge is -2.09. The standard InChI is InChI=1S/C24H23ClFN5O2/c1-15-6-4-5-7-18(15)13-31-17(3)23(16(2)28-31)27-24(32)22-10-11-30(29-22)14-33-19-8-9-21(26)20(25)12-19/h4-12H,13-14H2,1-3H3,(H,27,32). The van der Waals surface area contributed by atoms with Crippen molar-refractivity contribution in [3.63, 3.8) is 0 Å². The van der Waals surface area contributed by atoms with Crippen LogP contribution in [0.5, 0.6) is 5.75 Å². The molecular formula is C24H23ClFN5O2. The average molecular weight is 468 g/mol. The van der Waals surface area contributed by atoms with Crippen LogP contribution in [0.1, 0.15) is 33.0 Å². The quantitative estimate of drug-likeness (QED) is 0.408. The number of aromatic nitrogens is 4. The summed E-state index contributed by atoms with van der Waals surface area (Å²) in [5.74, 6) is -0.467. The minimum atomic E-state index is -0.519. The second-order valence-corrected chi connectivity index (χ2v) is 8.08. The third-order valence-electron chi connectivity index (χ3n) is 5.33. The molecule has 4 rings (SSSR count). The van der Waals surface area contributed by atoms with Gasteiger partial charge in [0, 0.05) is 12.3 Å². The number of nitrogens with zero attached hydrogens (tertiary/aromatic N) is 4. The number of hydrogen-bond donors (Lipinski definition) is 1. The van der Waals surface area contributed by atoms with Gasteiger partial charge in [0.05, 0.1) is 28.6 Å². The lowest BCUT2D eigenvalue weighted by Crippen LogP contribution is -2.15. The fraction of sp³-hybridized carbons (Fsp3) is 0.208. The lowest BCUT2D eigenvalue weighted by atomic mass is 10.1. The maximum Gasteiger partial charge on any atom is 0.276 e. The highest BCUT2D eigenvalue weighted by Crippen LogP contribution is 2.23. The number of anilines is 1. The summed E-state index contributed by atoms with van der Waals surface area (Å²) in [4.78, 5) is 12.8. The van der Waals surface area contributed by atoms with Crippen molar-refractivity contribution in [3.05, 3.63) is 93.8 Å². The van der Waals surface area contributed by atoms with E-state index < -0.39 is 5.82 Å². The molecule has 0 atom stereocenters. The fourth-order valence-corrected chi connectivity index (χ4v) is 3.59. The Bertz CT molecular complexity index is 1310. The summed E-state index contributed by atoms with van der Waals surface area (Å²) in [5, 5.41) is 11.7. The number of halogens is 2. The van der Waals surface area contributed by atoms with E-state index in [0.717, 1.165) is 11.4 Å². The average Bonchev–Trinajstić information content (AvgIpc) is 3.37. The fourth-order valence-electron chi connectivity index (χ4n) is 3.42. The highest BCUT2D eigenvalue weighted by molar-refractivity contribution is 6.30. The van der Waals surface area contributed by atoms with Crippen molar-refractivity contribution >= 4 is 23.2 Å². The Hall–Kier alpha value is -3.65. The van der Waals surface area contributed by atoms with Gasteiger partial charge < -0.3 is 10.1 Å². The monoisotopic (exact) mass is 467 g/mol. The Morgan fingerprint density at radius 3 is 2.67 bits per heavy atom. The molecule has 2 heterocycles. The Kier molecular flexibility index (Phi) is 6.46. The number of nitrogens with one attached hydrogen (secondary N) is 1. The SMILES string of the molecule is Cc1ccccc1Cn1nc(C)c(NC(=O)c2ccn(COc3ccc(F)c(Cl)c3)n2)c1C. The molecule has 1 amide bonds. The van der Waals surface area contributed by atoms with Gasteiger partial charge in [0.2, 0.25) is 0 Å². The summed E-state index contributed by atoms with van der Waals surface area (Å²) in [5.41, 5.74) is 4.85. The summed E-state index contributed by atoms with van der Waals surface area (Å²) in [7, 11) is 0. The largest absolute Gasteiger partial charge is 0.471 e.